The Hall–Kier alpha value is -2.44. The Kier molecular flexibility index (Phi) is 6.06. The summed E-state index contributed by atoms with van der Waals surface area (Å²) in [5, 5.41) is 0.754. The van der Waals surface area contributed by atoms with Gasteiger partial charge in [0.25, 0.3) is 0 Å². The van der Waals surface area contributed by atoms with Crippen LogP contribution in [0.15, 0.2) is 30.3 Å². The van der Waals surface area contributed by atoms with Crippen LogP contribution < -0.4 is 9.64 Å². The number of anilines is 1. The lowest BCUT2D eigenvalue weighted by molar-refractivity contribution is -0.118. The normalized spacial score (nSPS) is 16.2. The van der Waals surface area contributed by atoms with Gasteiger partial charge in [0.1, 0.15) is 5.75 Å². The van der Waals surface area contributed by atoms with Gasteiger partial charge in [0.2, 0.25) is 5.91 Å². The minimum Gasteiger partial charge on any atom is -0.496 e. The summed E-state index contributed by atoms with van der Waals surface area (Å²) >= 11 is 1.59. The van der Waals surface area contributed by atoms with Crippen LogP contribution in [0.3, 0.4) is 0 Å². The van der Waals surface area contributed by atoms with Gasteiger partial charge in [-0.25, -0.2) is 4.98 Å². The Morgan fingerprint density at radius 3 is 2.77 bits per heavy atom. The van der Waals surface area contributed by atoms with Gasteiger partial charge in [0.15, 0.2) is 5.13 Å². The van der Waals surface area contributed by atoms with Gasteiger partial charge >= 0.3 is 0 Å². The van der Waals surface area contributed by atoms with Gasteiger partial charge in [-0.05, 0) is 68.0 Å². The molecule has 30 heavy (non-hydrogen) atoms. The van der Waals surface area contributed by atoms with E-state index < -0.39 is 0 Å². The number of thiazole rings is 1. The van der Waals surface area contributed by atoms with Crippen LogP contribution in [0, 0.1) is 20.8 Å². The summed E-state index contributed by atoms with van der Waals surface area (Å²) in [5.74, 6) is 0.878. The lowest BCUT2D eigenvalue weighted by Crippen LogP contribution is -2.38. The van der Waals surface area contributed by atoms with Crippen molar-refractivity contribution >= 4 is 32.6 Å². The molecule has 2 heterocycles. The highest BCUT2D eigenvalue weighted by molar-refractivity contribution is 7.22. The molecule has 0 spiro atoms. The maximum absolute atomic E-state index is 13.4. The van der Waals surface area contributed by atoms with Crippen LogP contribution in [-0.4, -0.2) is 37.3 Å². The van der Waals surface area contributed by atoms with Gasteiger partial charge in [-0.3, -0.25) is 9.69 Å². The van der Waals surface area contributed by atoms with E-state index in [2.05, 4.69) is 26.0 Å². The topological polar surface area (TPSA) is 51.7 Å². The number of aromatic nitrogens is 1. The minimum absolute atomic E-state index is 0.0449. The number of methoxy groups -OCH3 is 1. The van der Waals surface area contributed by atoms with Crippen LogP contribution in [0.25, 0.3) is 10.2 Å². The van der Waals surface area contributed by atoms with Crippen molar-refractivity contribution in [3.63, 3.8) is 0 Å². The van der Waals surface area contributed by atoms with E-state index in [9.17, 15) is 4.79 Å². The van der Waals surface area contributed by atoms with Crippen molar-refractivity contribution in [1.29, 1.82) is 0 Å². The largest absolute Gasteiger partial charge is 0.496 e. The Balaban J connectivity index is 1.64. The van der Waals surface area contributed by atoms with E-state index in [-0.39, 0.29) is 12.0 Å². The SMILES string of the molecule is COc1ccc(CC(=O)N(CC2CCCO2)c2nc3cc(C)cc(C)c3s2)cc1C. The molecular formula is C24H28N2O3S. The van der Waals surface area contributed by atoms with Crippen molar-refractivity contribution in [3.05, 3.63) is 52.6 Å². The molecule has 3 aromatic rings. The lowest BCUT2D eigenvalue weighted by atomic mass is 10.1. The molecule has 6 heteroatoms. The molecule has 1 saturated heterocycles. The predicted molar refractivity (Wildman–Crippen MR) is 122 cm³/mol. The highest BCUT2D eigenvalue weighted by Gasteiger charge is 2.26. The molecule has 1 amide bonds. The van der Waals surface area contributed by atoms with Crippen LogP contribution in [0.2, 0.25) is 0 Å². The van der Waals surface area contributed by atoms with E-state index in [0.717, 1.165) is 51.7 Å². The Labute approximate surface area is 181 Å². The van der Waals surface area contributed by atoms with E-state index in [0.29, 0.717) is 13.0 Å². The van der Waals surface area contributed by atoms with Crippen LogP contribution in [0.5, 0.6) is 5.75 Å². The Morgan fingerprint density at radius 2 is 2.07 bits per heavy atom. The van der Waals surface area contributed by atoms with Crippen molar-refractivity contribution in [2.45, 2.75) is 46.1 Å². The van der Waals surface area contributed by atoms with E-state index in [1.54, 1.807) is 18.4 Å². The summed E-state index contributed by atoms with van der Waals surface area (Å²) in [7, 11) is 1.66. The van der Waals surface area contributed by atoms with Crippen molar-refractivity contribution in [2.24, 2.45) is 0 Å². The second-order valence-electron chi connectivity index (χ2n) is 8.05. The Morgan fingerprint density at radius 1 is 1.23 bits per heavy atom. The van der Waals surface area contributed by atoms with Gasteiger partial charge in [0.05, 0.1) is 36.4 Å². The first-order chi connectivity index (χ1) is 14.4. The maximum atomic E-state index is 13.4. The summed E-state index contributed by atoms with van der Waals surface area (Å²) in [4.78, 5) is 20.1. The quantitative estimate of drug-likeness (QED) is 0.560. The minimum atomic E-state index is 0.0449. The van der Waals surface area contributed by atoms with E-state index in [1.807, 2.05) is 30.0 Å². The van der Waals surface area contributed by atoms with Gasteiger partial charge in [-0.2, -0.15) is 0 Å². The fraction of sp³-hybridized carbons (Fsp3) is 0.417. The van der Waals surface area contributed by atoms with Gasteiger partial charge in [0, 0.05) is 6.61 Å². The zero-order valence-electron chi connectivity index (χ0n) is 18.0. The second-order valence-corrected chi connectivity index (χ2v) is 9.02. The molecule has 0 N–H and O–H groups in total. The maximum Gasteiger partial charge on any atom is 0.233 e. The molecule has 5 nitrogen and oxygen atoms in total. The molecule has 2 aromatic carbocycles. The third-order valence-corrected chi connectivity index (χ3v) is 6.80. The number of hydrogen-bond acceptors (Lipinski definition) is 5. The smallest absolute Gasteiger partial charge is 0.233 e. The molecule has 0 bridgehead atoms. The molecule has 1 fully saturated rings. The molecule has 1 aliphatic rings. The van der Waals surface area contributed by atoms with Crippen molar-refractivity contribution in [1.82, 2.24) is 4.98 Å². The molecule has 1 unspecified atom stereocenters. The van der Waals surface area contributed by atoms with E-state index >= 15 is 0 Å². The average Bonchev–Trinajstić information content (AvgIpc) is 3.35. The highest BCUT2D eigenvalue weighted by atomic mass is 32.1. The summed E-state index contributed by atoms with van der Waals surface area (Å²) in [6.45, 7) is 7.49. The first-order valence-corrected chi connectivity index (χ1v) is 11.2. The number of benzene rings is 2. The molecular weight excluding hydrogens is 396 g/mol. The standard InChI is InChI=1S/C24H28N2O3S/c1-15-10-17(3)23-20(11-15)25-24(30-23)26(14-19-6-5-9-29-19)22(27)13-18-7-8-21(28-4)16(2)12-18/h7-8,10-12,19H,5-6,9,13-14H2,1-4H3. The zero-order chi connectivity index (χ0) is 21.3. The lowest BCUT2D eigenvalue weighted by Gasteiger charge is -2.23. The Bertz CT molecular complexity index is 1070. The van der Waals surface area contributed by atoms with Crippen LogP contribution >= 0.6 is 11.3 Å². The van der Waals surface area contributed by atoms with E-state index in [4.69, 9.17) is 14.5 Å². The molecule has 1 atom stereocenters. The van der Waals surface area contributed by atoms with Gasteiger partial charge in [-0.15, -0.1) is 0 Å². The second kappa shape index (κ2) is 8.74. The fourth-order valence-corrected chi connectivity index (χ4v) is 5.12. The van der Waals surface area contributed by atoms with Gasteiger partial charge in [-0.1, -0.05) is 29.5 Å². The molecule has 158 valence electrons. The summed E-state index contributed by atoms with van der Waals surface area (Å²) in [6.07, 6.45) is 2.42. The number of ether oxygens (including phenoxy) is 2. The first-order valence-electron chi connectivity index (χ1n) is 10.4. The average molecular weight is 425 g/mol. The zero-order valence-corrected chi connectivity index (χ0v) is 18.8. The van der Waals surface area contributed by atoms with Crippen LogP contribution in [0.1, 0.15) is 35.1 Å². The van der Waals surface area contributed by atoms with Crippen LogP contribution in [0.4, 0.5) is 5.13 Å². The van der Waals surface area contributed by atoms with E-state index in [1.165, 1.54) is 11.1 Å². The third-order valence-electron chi connectivity index (χ3n) is 5.57. The molecule has 1 aromatic heterocycles. The number of rotatable bonds is 6. The molecule has 1 aliphatic heterocycles. The molecule has 0 aliphatic carbocycles. The third kappa shape index (κ3) is 4.35. The molecule has 0 radical (unpaired) electrons. The van der Waals surface area contributed by atoms with Crippen molar-refractivity contribution in [3.8, 4) is 5.75 Å². The number of fused-ring (bicyclic) bond motifs is 1. The van der Waals surface area contributed by atoms with Crippen LogP contribution in [-0.2, 0) is 16.0 Å². The first kappa shape index (κ1) is 20.8. The number of carbonyl (C=O) groups excluding carboxylic acids is 1. The summed E-state index contributed by atoms with van der Waals surface area (Å²) in [5.41, 5.74) is 5.34. The highest BCUT2D eigenvalue weighted by Crippen LogP contribution is 2.33. The number of aryl methyl sites for hydroxylation is 3. The number of carbonyl (C=O) groups is 1. The molecule has 4 rings (SSSR count). The van der Waals surface area contributed by atoms with Gasteiger partial charge < -0.3 is 9.47 Å². The summed E-state index contributed by atoms with van der Waals surface area (Å²) in [6, 6.07) is 10.2. The summed E-state index contributed by atoms with van der Waals surface area (Å²) < 4.78 is 12.3. The molecule has 0 saturated carbocycles. The number of hydrogen-bond donors (Lipinski definition) is 0. The number of amides is 1. The van der Waals surface area contributed by atoms with Crippen molar-refractivity contribution in [2.75, 3.05) is 25.2 Å². The van der Waals surface area contributed by atoms with Crippen molar-refractivity contribution < 1.29 is 14.3 Å². The number of nitrogens with zero attached hydrogens (tertiary/aromatic N) is 2. The predicted octanol–water partition coefficient (Wildman–Crippen LogP) is 4.98. The monoisotopic (exact) mass is 424 g/mol. The fourth-order valence-electron chi connectivity index (χ4n) is 4.08.